The summed E-state index contributed by atoms with van der Waals surface area (Å²) in [7, 11) is -2.19. The molecule has 118 valence electrons. The topological polar surface area (TPSA) is 73.3 Å². The van der Waals surface area contributed by atoms with Crippen LogP contribution in [0.5, 0.6) is 0 Å². The zero-order chi connectivity index (χ0) is 16.3. The highest BCUT2D eigenvalue weighted by Crippen LogP contribution is 2.27. The molecule has 0 radical (unpaired) electrons. The number of para-hydroxylation sites is 1. The Hall–Kier alpha value is -1.73. The van der Waals surface area contributed by atoms with E-state index < -0.39 is 15.8 Å². The van der Waals surface area contributed by atoms with Gasteiger partial charge in [-0.25, -0.2) is 18.2 Å². The number of nitrogens with zero attached hydrogens (tertiary/aromatic N) is 1. The predicted octanol–water partition coefficient (Wildman–Crippen LogP) is 2.83. The van der Waals surface area contributed by atoms with E-state index in [0.29, 0.717) is 11.1 Å². The zero-order valence-electron chi connectivity index (χ0n) is 12.6. The van der Waals surface area contributed by atoms with Gasteiger partial charge in [-0.15, -0.1) is 11.3 Å². The molecule has 1 aromatic carbocycles. The maximum absolute atomic E-state index is 12.4. The monoisotopic (exact) mass is 339 g/mol. The Morgan fingerprint density at radius 1 is 1.41 bits per heavy atom. The fourth-order valence-corrected chi connectivity index (χ4v) is 4.95. The van der Waals surface area contributed by atoms with Crippen molar-refractivity contribution in [2.75, 3.05) is 12.9 Å². The number of methoxy groups -OCH3 is 1. The summed E-state index contributed by atoms with van der Waals surface area (Å²) in [6.45, 7) is 3.35. The molecule has 0 unspecified atom stereocenters. The molecule has 0 aliphatic heterocycles. The van der Waals surface area contributed by atoms with Crippen molar-refractivity contribution < 1.29 is 17.9 Å². The van der Waals surface area contributed by atoms with Crippen molar-refractivity contribution in [3.63, 3.8) is 0 Å². The lowest BCUT2D eigenvalue weighted by atomic mass is 10.1. The van der Waals surface area contributed by atoms with Gasteiger partial charge in [0, 0.05) is 5.57 Å². The molecule has 1 atom stereocenters. The standard InChI is InChI=1S/C15H17NO4S2/c1-10(8-11(2)14(17)20-3)9-22(18,19)15-16-12-6-4-5-7-13(12)21-15/h4-8,10H,9H2,1-3H3/b11-8+/t10-/m0/s1. The Balaban J connectivity index is 2.22. The van der Waals surface area contributed by atoms with Crippen molar-refractivity contribution in [1.29, 1.82) is 0 Å². The van der Waals surface area contributed by atoms with Gasteiger partial charge < -0.3 is 4.74 Å². The van der Waals surface area contributed by atoms with Crippen LogP contribution in [0.2, 0.25) is 0 Å². The van der Waals surface area contributed by atoms with Crippen LogP contribution in [0.4, 0.5) is 0 Å². The van der Waals surface area contributed by atoms with Crippen LogP contribution >= 0.6 is 11.3 Å². The molecule has 0 saturated carbocycles. The highest BCUT2D eigenvalue weighted by atomic mass is 32.2. The van der Waals surface area contributed by atoms with E-state index in [0.717, 1.165) is 16.0 Å². The summed E-state index contributed by atoms with van der Waals surface area (Å²) in [6, 6.07) is 7.30. The third-order valence-corrected chi connectivity index (χ3v) is 6.50. The van der Waals surface area contributed by atoms with E-state index >= 15 is 0 Å². The van der Waals surface area contributed by atoms with Crippen LogP contribution in [0.25, 0.3) is 10.2 Å². The fourth-order valence-electron chi connectivity index (χ4n) is 2.11. The Labute approximate surface area is 133 Å². The second kappa shape index (κ2) is 6.58. The molecule has 2 rings (SSSR count). The lowest BCUT2D eigenvalue weighted by molar-refractivity contribution is -0.136. The molecule has 0 N–H and O–H groups in total. The molecule has 1 aromatic heterocycles. The second-order valence-electron chi connectivity index (χ2n) is 5.05. The number of carbonyl (C=O) groups excluding carboxylic acids is 1. The SMILES string of the molecule is COC(=O)/C(C)=C/[C@H](C)CS(=O)(=O)c1nc2ccccc2s1. The zero-order valence-corrected chi connectivity index (χ0v) is 14.2. The maximum Gasteiger partial charge on any atom is 0.333 e. The van der Waals surface area contributed by atoms with Crippen molar-refractivity contribution in [3.8, 4) is 0 Å². The molecule has 0 spiro atoms. The number of allylic oxidation sites excluding steroid dienone is 1. The third-order valence-electron chi connectivity index (χ3n) is 3.06. The quantitative estimate of drug-likeness (QED) is 0.618. The molecule has 0 amide bonds. The number of hydrogen-bond acceptors (Lipinski definition) is 6. The van der Waals surface area contributed by atoms with Gasteiger partial charge in [-0.05, 0) is 25.0 Å². The molecular weight excluding hydrogens is 322 g/mol. The van der Waals surface area contributed by atoms with Crippen molar-refractivity contribution in [3.05, 3.63) is 35.9 Å². The summed E-state index contributed by atoms with van der Waals surface area (Å²) in [5.41, 5.74) is 1.08. The van der Waals surface area contributed by atoms with Crippen molar-refractivity contribution >= 4 is 37.4 Å². The molecule has 2 aromatic rings. The van der Waals surface area contributed by atoms with Crippen LogP contribution in [0.15, 0.2) is 40.3 Å². The molecule has 1 heterocycles. The van der Waals surface area contributed by atoms with Crippen LogP contribution in [-0.2, 0) is 19.4 Å². The van der Waals surface area contributed by atoms with E-state index in [2.05, 4.69) is 9.72 Å². The Morgan fingerprint density at radius 2 is 2.09 bits per heavy atom. The fraction of sp³-hybridized carbons (Fsp3) is 0.333. The van der Waals surface area contributed by atoms with Crippen LogP contribution in [-0.4, -0.2) is 32.2 Å². The van der Waals surface area contributed by atoms with Gasteiger partial charge in [0.1, 0.15) is 0 Å². The average Bonchev–Trinajstić information content (AvgIpc) is 2.90. The van der Waals surface area contributed by atoms with Gasteiger partial charge in [0.25, 0.3) is 0 Å². The van der Waals surface area contributed by atoms with Gasteiger partial charge in [0.05, 0.1) is 23.1 Å². The third kappa shape index (κ3) is 3.72. The number of esters is 1. The molecular formula is C15H17NO4S2. The molecule has 22 heavy (non-hydrogen) atoms. The van der Waals surface area contributed by atoms with Crippen LogP contribution < -0.4 is 0 Å². The lowest BCUT2D eigenvalue weighted by Gasteiger charge is -2.07. The van der Waals surface area contributed by atoms with Crippen LogP contribution in [0, 0.1) is 5.92 Å². The minimum atomic E-state index is -3.49. The number of carbonyl (C=O) groups is 1. The van der Waals surface area contributed by atoms with Gasteiger partial charge >= 0.3 is 5.97 Å². The highest BCUT2D eigenvalue weighted by molar-refractivity contribution is 7.93. The summed E-state index contributed by atoms with van der Waals surface area (Å²) < 4.78 is 30.4. The number of fused-ring (bicyclic) bond motifs is 1. The number of sulfone groups is 1. The summed E-state index contributed by atoms with van der Waals surface area (Å²) >= 11 is 1.16. The molecule has 5 nitrogen and oxygen atoms in total. The molecule has 0 fully saturated rings. The molecule has 0 bridgehead atoms. The number of ether oxygens (including phenoxy) is 1. The summed E-state index contributed by atoms with van der Waals surface area (Å²) in [4.78, 5) is 15.5. The summed E-state index contributed by atoms with van der Waals surface area (Å²) in [5.74, 6) is -0.860. The maximum atomic E-state index is 12.4. The van der Waals surface area contributed by atoms with E-state index in [-0.39, 0.29) is 16.0 Å². The lowest BCUT2D eigenvalue weighted by Crippen LogP contribution is -2.14. The summed E-state index contributed by atoms with van der Waals surface area (Å²) in [5, 5.41) is 0. The van der Waals surface area contributed by atoms with Gasteiger partial charge in [0.15, 0.2) is 0 Å². The van der Waals surface area contributed by atoms with E-state index in [4.69, 9.17) is 0 Å². The smallest absolute Gasteiger partial charge is 0.333 e. The Morgan fingerprint density at radius 3 is 2.73 bits per heavy atom. The van der Waals surface area contributed by atoms with E-state index in [1.165, 1.54) is 7.11 Å². The number of rotatable bonds is 5. The van der Waals surface area contributed by atoms with E-state index in [1.807, 2.05) is 18.2 Å². The van der Waals surface area contributed by atoms with Gasteiger partial charge in [-0.1, -0.05) is 25.1 Å². The summed E-state index contributed by atoms with van der Waals surface area (Å²) in [6.07, 6.45) is 1.61. The average molecular weight is 339 g/mol. The van der Waals surface area contributed by atoms with Crippen molar-refractivity contribution in [1.82, 2.24) is 4.98 Å². The van der Waals surface area contributed by atoms with Gasteiger partial charge in [-0.3, -0.25) is 0 Å². The van der Waals surface area contributed by atoms with E-state index in [1.54, 1.807) is 26.0 Å². The number of aromatic nitrogens is 1. The Kier molecular flexibility index (Phi) is 4.97. The van der Waals surface area contributed by atoms with E-state index in [9.17, 15) is 13.2 Å². The molecule has 0 aliphatic rings. The minimum absolute atomic E-state index is 0.0961. The molecule has 0 aliphatic carbocycles. The predicted molar refractivity (Wildman–Crippen MR) is 86.6 cm³/mol. The van der Waals surface area contributed by atoms with Crippen LogP contribution in [0.3, 0.4) is 0 Å². The Bertz CT molecular complexity index is 788. The highest BCUT2D eigenvalue weighted by Gasteiger charge is 2.22. The minimum Gasteiger partial charge on any atom is -0.466 e. The van der Waals surface area contributed by atoms with Crippen LogP contribution in [0.1, 0.15) is 13.8 Å². The molecule has 7 heteroatoms. The first-order chi connectivity index (χ1) is 10.3. The first-order valence-electron chi connectivity index (χ1n) is 6.68. The molecule has 0 saturated heterocycles. The van der Waals surface area contributed by atoms with Crippen molar-refractivity contribution in [2.45, 2.75) is 18.2 Å². The first kappa shape index (κ1) is 16.6. The largest absolute Gasteiger partial charge is 0.466 e. The first-order valence-corrected chi connectivity index (χ1v) is 9.15. The normalized spacial score (nSPS) is 14.0. The van der Waals surface area contributed by atoms with Crippen molar-refractivity contribution in [2.24, 2.45) is 5.92 Å². The van der Waals surface area contributed by atoms with Gasteiger partial charge in [-0.2, -0.15) is 0 Å². The number of hydrogen-bond donors (Lipinski definition) is 0. The second-order valence-corrected chi connectivity index (χ2v) is 8.29. The number of benzene rings is 1. The number of thiazole rings is 1. The van der Waals surface area contributed by atoms with Gasteiger partial charge in [0.2, 0.25) is 14.2 Å².